The number of nitrogens with zero attached hydrogens (tertiary/aromatic N) is 4. The molecule has 1 fully saturated rings. The lowest BCUT2D eigenvalue weighted by Gasteiger charge is -2.31. The number of aliphatic imine (C=N–C) groups is 1. The molecule has 0 saturated carbocycles. The number of amidine groups is 1. The Morgan fingerprint density at radius 1 is 1.05 bits per heavy atom. The third kappa shape index (κ3) is 5.71. The summed E-state index contributed by atoms with van der Waals surface area (Å²) in [5.74, 6) is -0.938. The first-order valence-electron chi connectivity index (χ1n) is 12.1. The van der Waals surface area contributed by atoms with Gasteiger partial charge in [0.2, 0.25) is 5.91 Å². The molecule has 7 nitrogen and oxygen atoms in total. The van der Waals surface area contributed by atoms with Crippen LogP contribution >= 0.6 is 11.8 Å². The number of alkyl halides is 6. The highest BCUT2D eigenvalue weighted by Gasteiger charge is 2.38. The van der Waals surface area contributed by atoms with Crippen molar-refractivity contribution in [1.82, 2.24) is 14.7 Å². The summed E-state index contributed by atoms with van der Waals surface area (Å²) in [6.07, 6.45) is -5.64. The van der Waals surface area contributed by atoms with E-state index >= 15 is 0 Å². The normalized spacial score (nSPS) is 18.1. The maximum atomic E-state index is 13.6. The molecule has 2 aliphatic heterocycles. The van der Waals surface area contributed by atoms with Gasteiger partial charge in [0, 0.05) is 24.4 Å². The Morgan fingerprint density at radius 2 is 1.77 bits per heavy atom. The van der Waals surface area contributed by atoms with Crippen LogP contribution in [0.5, 0.6) is 0 Å². The van der Waals surface area contributed by atoms with Crippen LogP contribution in [-0.4, -0.2) is 44.8 Å². The summed E-state index contributed by atoms with van der Waals surface area (Å²) in [5, 5.41) is 5.25. The molecule has 1 aromatic heterocycles. The first kappa shape index (κ1) is 27.7. The maximum Gasteiger partial charge on any atom is 0.416 e. The van der Waals surface area contributed by atoms with Crippen LogP contribution in [0, 0.1) is 5.92 Å². The van der Waals surface area contributed by atoms with Gasteiger partial charge < -0.3 is 10.6 Å². The van der Waals surface area contributed by atoms with E-state index in [4.69, 9.17) is 5.73 Å². The number of carbonyl (C=O) groups is 2. The van der Waals surface area contributed by atoms with Gasteiger partial charge in [0.05, 0.1) is 34.3 Å². The highest BCUT2D eigenvalue weighted by atomic mass is 32.2. The van der Waals surface area contributed by atoms with Crippen LogP contribution in [0.3, 0.4) is 0 Å². The third-order valence-corrected chi connectivity index (χ3v) is 7.85. The minimum absolute atomic E-state index is 0.109. The van der Waals surface area contributed by atoms with Gasteiger partial charge in [0.1, 0.15) is 0 Å². The van der Waals surface area contributed by atoms with Crippen molar-refractivity contribution in [2.75, 3.05) is 13.1 Å². The third-order valence-electron chi connectivity index (χ3n) is 6.80. The zero-order valence-electron chi connectivity index (χ0n) is 20.6. The summed E-state index contributed by atoms with van der Waals surface area (Å²) >= 11 is 1.21. The average molecular weight is 582 g/mol. The van der Waals surface area contributed by atoms with Crippen molar-refractivity contribution in [1.29, 1.82) is 0 Å². The highest BCUT2D eigenvalue weighted by Crippen LogP contribution is 2.38. The molecular weight excluding hydrogens is 560 g/mol. The number of hydrogen-bond donors (Lipinski definition) is 1. The summed E-state index contributed by atoms with van der Waals surface area (Å²) in [5.41, 5.74) is 3.37. The second-order valence-electron chi connectivity index (χ2n) is 9.46. The summed E-state index contributed by atoms with van der Waals surface area (Å²) in [7, 11) is 0. The molecule has 2 aromatic carbocycles. The minimum Gasteiger partial charge on any atom is -0.369 e. The molecule has 0 aliphatic carbocycles. The van der Waals surface area contributed by atoms with Gasteiger partial charge in [-0.15, -0.1) is 0 Å². The number of nitrogens with two attached hydrogens (primary N) is 1. The van der Waals surface area contributed by atoms with Crippen molar-refractivity contribution in [3.05, 3.63) is 69.8 Å². The smallest absolute Gasteiger partial charge is 0.369 e. The fraction of sp³-hybridized carbons (Fsp3) is 0.308. The van der Waals surface area contributed by atoms with Crippen LogP contribution in [0.2, 0.25) is 0 Å². The number of carbonyl (C=O) groups excluding carboxylic acids is 2. The van der Waals surface area contributed by atoms with Gasteiger partial charge in [-0.1, -0.05) is 12.1 Å². The van der Waals surface area contributed by atoms with Gasteiger partial charge in [0.15, 0.2) is 5.17 Å². The van der Waals surface area contributed by atoms with Gasteiger partial charge in [-0.05, 0) is 66.1 Å². The predicted molar refractivity (Wildman–Crippen MR) is 137 cm³/mol. The topological polar surface area (TPSA) is 93.6 Å². The molecule has 0 unspecified atom stereocenters. The minimum atomic E-state index is -4.98. The van der Waals surface area contributed by atoms with Crippen LogP contribution in [0.4, 0.5) is 26.3 Å². The van der Waals surface area contributed by atoms with Crippen molar-refractivity contribution in [3.8, 4) is 0 Å². The zero-order valence-corrected chi connectivity index (χ0v) is 21.4. The Morgan fingerprint density at radius 3 is 2.42 bits per heavy atom. The molecule has 1 saturated heterocycles. The number of piperidine rings is 1. The molecule has 2 aliphatic rings. The summed E-state index contributed by atoms with van der Waals surface area (Å²) in [4.78, 5) is 30.4. The monoisotopic (exact) mass is 581 g/mol. The van der Waals surface area contributed by atoms with Crippen molar-refractivity contribution in [2.24, 2.45) is 16.6 Å². The quantitative estimate of drug-likeness (QED) is 0.334. The zero-order chi connectivity index (χ0) is 28.8. The molecule has 0 spiro atoms. The van der Waals surface area contributed by atoms with Crippen molar-refractivity contribution >= 4 is 45.7 Å². The van der Waals surface area contributed by atoms with E-state index in [1.54, 1.807) is 24.3 Å². The molecule has 0 atom stereocenters. The van der Waals surface area contributed by atoms with Crippen molar-refractivity contribution in [2.45, 2.75) is 31.7 Å². The lowest BCUT2D eigenvalue weighted by atomic mass is 9.97. The van der Waals surface area contributed by atoms with Crippen molar-refractivity contribution in [3.63, 3.8) is 0 Å². The fourth-order valence-corrected chi connectivity index (χ4v) is 5.64. The van der Waals surface area contributed by atoms with Crippen LogP contribution in [0.1, 0.15) is 35.1 Å². The second kappa shape index (κ2) is 10.3. The van der Waals surface area contributed by atoms with Crippen LogP contribution < -0.4 is 5.73 Å². The molecule has 14 heteroatoms. The Kier molecular flexibility index (Phi) is 7.15. The lowest BCUT2D eigenvalue weighted by molar-refractivity contribution is -0.143. The van der Waals surface area contributed by atoms with Crippen LogP contribution in [0.25, 0.3) is 17.0 Å². The van der Waals surface area contributed by atoms with E-state index in [0.29, 0.717) is 58.5 Å². The van der Waals surface area contributed by atoms with E-state index in [0.717, 1.165) is 6.07 Å². The SMILES string of the molecule is NC(=O)C1CCN(C2=NC(=O)/C(=C/c3ccc4c(cnn4Cc4ccc(C(F)(F)F)cc4C(F)(F)F)c3)S2)CC1. The molecule has 210 valence electrons. The first-order chi connectivity index (χ1) is 18.8. The van der Waals surface area contributed by atoms with Gasteiger partial charge in [0.25, 0.3) is 5.91 Å². The molecule has 5 rings (SSSR count). The van der Waals surface area contributed by atoms with E-state index < -0.39 is 35.9 Å². The molecular formula is C26H21F6N5O2S. The fourth-order valence-electron chi connectivity index (χ4n) is 4.68. The molecule has 40 heavy (non-hydrogen) atoms. The molecule has 3 aromatic rings. The summed E-state index contributed by atoms with van der Waals surface area (Å²) in [6.45, 7) is 0.717. The Balaban J connectivity index is 1.34. The van der Waals surface area contributed by atoms with E-state index in [2.05, 4.69) is 10.1 Å². The lowest BCUT2D eigenvalue weighted by Crippen LogP contribution is -2.40. The molecule has 0 bridgehead atoms. The molecule has 2 N–H and O–H groups in total. The van der Waals surface area contributed by atoms with Gasteiger partial charge in [-0.3, -0.25) is 14.3 Å². The summed E-state index contributed by atoms with van der Waals surface area (Å²) in [6, 6.07) is 6.52. The maximum absolute atomic E-state index is 13.6. The van der Waals surface area contributed by atoms with E-state index in [1.807, 2.05) is 4.90 Å². The standard InChI is InChI=1S/C26H21F6N5O2S/c27-25(28,29)18-3-2-16(19(11-18)26(30,31)32)13-37-20-4-1-14(9-17(20)12-34-37)10-21-23(39)35-24(40-21)36-7-5-15(6-8-36)22(33)38/h1-4,9-12,15H,5-8,13H2,(H2,33,38)/b21-10-. The molecule has 2 amide bonds. The largest absolute Gasteiger partial charge is 0.416 e. The number of amides is 2. The number of likely N-dealkylation sites (tertiary alicyclic amines) is 1. The predicted octanol–water partition coefficient (Wildman–Crippen LogP) is 5.29. The highest BCUT2D eigenvalue weighted by molar-refractivity contribution is 8.18. The number of thioether (sulfide) groups is 1. The first-order valence-corrected chi connectivity index (χ1v) is 12.9. The average Bonchev–Trinajstić information content (AvgIpc) is 3.45. The number of fused-ring (bicyclic) bond motifs is 1. The molecule has 0 radical (unpaired) electrons. The summed E-state index contributed by atoms with van der Waals surface area (Å²) < 4.78 is 81.0. The number of halogens is 6. The van der Waals surface area contributed by atoms with Crippen LogP contribution in [-0.2, 0) is 28.5 Å². The van der Waals surface area contributed by atoms with Crippen molar-refractivity contribution < 1.29 is 35.9 Å². The van der Waals surface area contributed by atoms with E-state index in [-0.39, 0.29) is 23.5 Å². The Bertz CT molecular complexity index is 1550. The van der Waals surface area contributed by atoms with Gasteiger partial charge in [-0.2, -0.15) is 36.4 Å². The molecule has 3 heterocycles. The number of aromatic nitrogens is 2. The second-order valence-corrected chi connectivity index (χ2v) is 10.5. The van der Waals surface area contributed by atoms with E-state index in [1.165, 1.54) is 22.6 Å². The van der Waals surface area contributed by atoms with Crippen LogP contribution in [0.15, 0.2) is 52.5 Å². The Hall–Kier alpha value is -3.81. The number of primary amides is 1. The van der Waals surface area contributed by atoms with Gasteiger partial charge >= 0.3 is 12.4 Å². The van der Waals surface area contributed by atoms with E-state index in [9.17, 15) is 35.9 Å². The van der Waals surface area contributed by atoms with Gasteiger partial charge in [-0.25, -0.2) is 0 Å². The number of hydrogen-bond acceptors (Lipinski definition) is 5. The number of benzene rings is 2. The Labute approximate surface area is 227 Å². The number of rotatable bonds is 4.